The average molecular weight is 278 g/mol. The van der Waals surface area contributed by atoms with Crippen molar-refractivity contribution in [2.24, 2.45) is 5.73 Å². The van der Waals surface area contributed by atoms with Crippen LogP contribution < -0.4 is 11.1 Å². The summed E-state index contributed by atoms with van der Waals surface area (Å²) in [6.45, 7) is 4.76. The summed E-state index contributed by atoms with van der Waals surface area (Å²) in [6, 6.07) is 2.06. The van der Waals surface area contributed by atoms with Crippen LogP contribution in [0, 0.1) is 0 Å². The lowest BCUT2D eigenvalue weighted by molar-refractivity contribution is 0.0918. The van der Waals surface area contributed by atoms with Crippen molar-refractivity contribution in [3.05, 3.63) is 17.5 Å². The second kappa shape index (κ2) is 6.88. The van der Waals surface area contributed by atoms with Gasteiger partial charge in [-0.2, -0.15) is 5.10 Å². The molecule has 0 bridgehead atoms. The van der Waals surface area contributed by atoms with E-state index < -0.39 is 0 Å². The monoisotopic (exact) mass is 278 g/mol. The molecule has 1 saturated carbocycles. The molecule has 5 heteroatoms. The SMILES string of the molecule is CCc1cc(C(=O)NC2CCCCCC2N)n(CC)n1. The van der Waals surface area contributed by atoms with Crippen molar-refractivity contribution in [3.63, 3.8) is 0 Å². The lowest BCUT2D eigenvalue weighted by atomic mass is 10.0. The third-order valence-corrected chi connectivity index (χ3v) is 4.11. The number of aryl methyl sites for hydroxylation is 2. The fraction of sp³-hybridized carbons (Fsp3) is 0.733. The largest absolute Gasteiger partial charge is 0.346 e. The van der Waals surface area contributed by atoms with Gasteiger partial charge < -0.3 is 11.1 Å². The molecule has 112 valence electrons. The molecule has 1 aliphatic carbocycles. The summed E-state index contributed by atoms with van der Waals surface area (Å²) in [4.78, 5) is 12.5. The first-order valence-corrected chi connectivity index (χ1v) is 7.78. The second-order valence-corrected chi connectivity index (χ2v) is 5.57. The van der Waals surface area contributed by atoms with Crippen LogP contribution in [0.4, 0.5) is 0 Å². The normalized spacial score (nSPS) is 23.4. The van der Waals surface area contributed by atoms with Gasteiger partial charge in [-0.3, -0.25) is 9.48 Å². The Labute approximate surface area is 120 Å². The Morgan fingerprint density at radius 1 is 1.40 bits per heavy atom. The number of aromatic nitrogens is 2. The van der Waals surface area contributed by atoms with E-state index in [1.807, 2.05) is 19.9 Å². The highest BCUT2D eigenvalue weighted by atomic mass is 16.2. The Bertz CT molecular complexity index is 455. The van der Waals surface area contributed by atoms with Crippen molar-refractivity contribution in [2.75, 3.05) is 0 Å². The number of carbonyl (C=O) groups excluding carboxylic acids is 1. The number of hydrogen-bond acceptors (Lipinski definition) is 3. The highest BCUT2D eigenvalue weighted by molar-refractivity contribution is 5.93. The molecule has 3 N–H and O–H groups in total. The van der Waals surface area contributed by atoms with Gasteiger partial charge in [-0.15, -0.1) is 0 Å². The Morgan fingerprint density at radius 2 is 2.15 bits per heavy atom. The zero-order valence-corrected chi connectivity index (χ0v) is 12.6. The third kappa shape index (κ3) is 3.39. The van der Waals surface area contributed by atoms with Crippen molar-refractivity contribution < 1.29 is 4.79 Å². The van der Waals surface area contributed by atoms with E-state index in [9.17, 15) is 4.79 Å². The minimum atomic E-state index is -0.0404. The number of nitrogens with zero attached hydrogens (tertiary/aromatic N) is 2. The van der Waals surface area contributed by atoms with Gasteiger partial charge in [0.2, 0.25) is 0 Å². The first-order valence-electron chi connectivity index (χ1n) is 7.78. The molecule has 0 radical (unpaired) electrons. The van der Waals surface area contributed by atoms with E-state index >= 15 is 0 Å². The lowest BCUT2D eigenvalue weighted by Crippen LogP contribution is -2.47. The summed E-state index contributed by atoms with van der Waals surface area (Å²) < 4.78 is 1.77. The number of nitrogens with two attached hydrogens (primary N) is 1. The summed E-state index contributed by atoms with van der Waals surface area (Å²) in [7, 11) is 0. The number of hydrogen-bond donors (Lipinski definition) is 2. The number of rotatable bonds is 4. The summed E-state index contributed by atoms with van der Waals surface area (Å²) in [5.41, 5.74) is 7.78. The highest BCUT2D eigenvalue weighted by Crippen LogP contribution is 2.17. The Morgan fingerprint density at radius 3 is 2.85 bits per heavy atom. The molecule has 5 nitrogen and oxygen atoms in total. The summed E-state index contributed by atoms with van der Waals surface area (Å²) in [5.74, 6) is -0.0404. The van der Waals surface area contributed by atoms with Gasteiger partial charge in [-0.1, -0.05) is 26.2 Å². The van der Waals surface area contributed by atoms with Crippen LogP contribution in [0.2, 0.25) is 0 Å². The maximum absolute atomic E-state index is 12.5. The average Bonchev–Trinajstić information content (AvgIpc) is 2.78. The van der Waals surface area contributed by atoms with Gasteiger partial charge in [0.15, 0.2) is 0 Å². The van der Waals surface area contributed by atoms with Crippen molar-refractivity contribution in [3.8, 4) is 0 Å². The van der Waals surface area contributed by atoms with E-state index in [0.29, 0.717) is 12.2 Å². The Hall–Kier alpha value is -1.36. The molecule has 0 aromatic carbocycles. The van der Waals surface area contributed by atoms with Crippen molar-refractivity contribution >= 4 is 5.91 Å². The van der Waals surface area contributed by atoms with E-state index in [1.54, 1.807) is 4.68 Å². The molecule has 0 saturated heterocycles. The van der Waals surface area contributed by atoms with Crippen LogP contribution in [0.1, 0.15) is 62.1 Å². The van der Waals surface area contributed by atoms with Gasteiger partial charge in [0.1, 0.15) is 5.69 Å². The molecule has 1 amide bonds. The van der Waals surface area contributed by atoms with Crippen LogP contribution in [-0.2, 0) is 13.0 Å². The van der Waals surface area contributed by atoms with Crippen LogP contribution in [0.5, 0.6) is 0 Å². The molecule has 2 atom stereocenters. The molecule has 2 rings (SSSR count). The minimum absolute atomic E-state index is 0.0404. The second-order valence-electron chi connectivity index (χ2n) is 5.57. The molecule has 1 aromatic rings. The summed E-state index contributed by atoms with van der Waals surface area (Å²) >= 11 is 0. The van der Waals surface area contributed by atoms with Crippen molar-refractivity contribution in [2.45, 2.75) is 71.0 Å². The number of nitrogens with one attached hydrogen (secondary N) is 1. The van der Waals surface area contributed by atoms with E-state index in [-0.39, 0.29) is 18.0 Å². The van der Waals surface area contributed by atoms with Gasteiger partial charge in [-0.05, 0) is 32.3 Å². The van der Waals surface area contributed by atoms with Crippen LogP contribution >= 0.6 is 0 Å². The molecule has 20 heavy (non-hydrogen) atoms. The predicted octanol–water partition coefficient (Wildman–Crippen LogP) is 1.86. The predicted molar refractivity (Wildman–Crippen MR) is 79.6 cm³/mol. The lowest BCUT2D eigenvalue weighted by Gasteiger charge is -2.22. The minimum Gasteiger partial charge on any atom is -0.346 e. The molecule has 1 aromatic heterocycles. The molecule has 1 heterocycles. The topological polar surface area (TPSA) is 72.9 Å². The van der Waals surface area contributed by atoms with Crippen LogP contribution in [-0.4, -0.2) is 27.8 Å². The highest BCUT2D eigenvalue weighted by Gasteiger charge is 2.24. The maximum atomic E-state index is 12.5. The van der Waals surface area contributed by atoms with Crippen molar-refractivity contribution in [1.29, 1.82) is 0 Å². The fourth-order valence-electron chi connectivity index (χ4n) is 2.82. The van der Waals surface area contributed by atoms with Crippen LogP contribution in [0.3, 0.4) is 0 Å². The molecule has 1 fully saturated rings. The first kappa shape index (κ1) is 15.0. The van der Waals surface area contributed by atoms with Crippen LogP contribution in [0.15, 0.2) is 6.07 Å². The van der Waals surface area contributed by atoms with E-state index in [0.717, 1.165) is 31.4 Å². The van der Waals surface area contributed by atoms with Crippen molar-refractivity contribution in [1.82, 2.24) is 15.1 Å². The van der Waals surface area contributed by atoms with E-state index in [2.05, 4.69) is 10.4 Å². The fourth-order valence-corrected chi connectivity index (χ4v) is 2.82. The molecule has 0 spiro atoms. The smallest absolute Gasteiger partial charge is 0.269 e. The van der Waals surface area contributed by atoms with Crippen LogP contribution in [0.25, 0.3) is 0 Å². The van der Waals surface area contributed by atoms with Gasteiger partial charge in [-0.25, -0.2) is 0 Å². The van der Waals surface area contributed by atoms with Gasteiger partial charge in [0, 0.05) is 18.6 Å². The molecule has 1 aliphatic rings. The van der Waals surface area contributed by atoms with Gasteiger partial charge in [0.25, 0.3) is 5.91 Å². The number of amides is 1. The van der Waals surface area contributed by atoms with Gasteiger partial charge in [0.05, 0.1) is 5.69 Å². The molecule has 2 unspecified atom stereocenters. The summed E-state index contributed by atoms with van der Waals surface area (Å²) in [5, 5.41) is 7.54. The Kier molecular flexibility index (Phi) is 5.17. The molecular formula is C15H26N4O. The summed E-state index contributed by atoms with van der Waals surface area (Å²) in [6.07, 6.45) is 6.35. The first-order chi connectivity index (χ1) is 9.65. The standard InChI is InChI=1S/C15H26N4O/c1-3-11-10-14(19(4-2)18-11)15(20)17-13-9-7-5-6-8-12(13)16/h10,12-13H,3-9,16H2,1-2H3,(H,17,20). The molecule has 0 aliphatic heterocycles. The Balaban J connectivity index is 2.08. The van der Waals surface area contributed by atoms with E-state index in [1.165, 1.54) is 12.8 Å². The molecular weight excluding hydrogens is 252 g/mol. The third-order valence-electron chi connectivity index (χ3n) is 4.11. The van der Waals surface area contributed by atoms with Gasteiger partial charge >= 0.3 is 0 Å². The zero-order chi connectivity index (χ0) is 14.5. The quantitative estimate of drug-likeness (QED) is 0.826. The zero-order valence-electron chi connectivity index (χ0n) is 12.6. The maximum Gasteiger partial charge on any atom is 0.269 e. The van der Waals surface area contributed by atoms with E-state index in [4.69, 9.17) is 5.73 Å². The number of carbonyl (C=O) groups is 1.